The fourth-order valence-corrected chi connectivity index (χ4v) is 4.94. The van der Waals surface area contributed by atoms with E-state index in [0.29, 0.717) is 23.6 Å². The van der Waals surface area contributed by atoms with Gasteiger partial charge in [0, 0.05) is 36.4 Å². The van der Waals surface area contributed by atoms with Crippen LogP contribution in [0, 0.1) is 18.6 Å². The van der Waals surface area contributed by atoms with Crippen LogP contribution in [0.1, 0.15) is 49.1 Å². The first-order valence-electron chi connectivity index (χ1n) is 10.9. The van der Waals surface area contributed by atoms with Crippen LogP contribution in [-0.4, -0.2) is 39.5 Å². The van der Waals surface area contributed by atoms with Gasteiger partial charge in [0.25, 0.3) is 11.8 Å². The zero-order chi connectivity index (χ0) is 25.0. The highest BCUT2D eigenvalue weighted by atomic mass is 35.5. The van der Waals surface area contributed by atoms with Crippen molar-refractivity contribution in [3.05, 3.63) is 96.9 Å². The average Bonchev–Trinajstić information content (AvgIpc) is 2.96. The lowest BCUT2D eigenvalue weighted by molar-refractivity contribution is 0.0686. The molecule has 180 valence electrons. The maximum atomic E-state index is 14.2. The Morgan fingerprint density at radius 1 is 1.20 bits per heavy atom. The number of pyridine rings is 1. The predicted octanol–water partition coefficient (Wildman–Crippen LogP) is 3.33. The van der Waals surface area contributed by atoms with Crippen LogP contribution < -0.4 is 10.7 Å². The lowest BCUT2D eigenvalue weighted by Crippen LogP contribution is -2.45. The molecule has 0 fully saturated rings. The molecule has 0 saturated heterocycles. The van der Waals surface area contributed by atoms with Gasteiger partial charge in [-0.05, 0) is 54.3 Å². The fourth-order valence-electron chi connectivity index (χ4n) is 4.74. The Bertz CT molecular complexity index is 1450. The Morgan fingerprint density at radius 2 is 1.91 bits per heavy atom. The van der Waals surface area contributed by atoms with Crippen molar-refractivity contribution in [2.24, 2.45) is 0 Å². The van der Waals surface area contributed by atoms with Gasteiger partial charge < -0.3 is 19.9 Å². The van der Waals surface area contributed by atoms with Gasteiger partial charge in [0.2, 0.25) is 5.43 Å². The Kier molecular flexibility index (Phi) is 5.59. The molecule has 7 nitrogen and oxygen atoms in total. The van der Waals surface area contributed by atoms with E-state index in [1.54, 1.807) is 11.0 Å². The number of benzene rings is 2. The largest absolute Gasteiger partial charge is 0.503 e. The van der Waals surface area contributed by atoms with Crippen LogP contribution >= 0.6 is 11.6 Å². The molecule has 2 aromatic carbocycles. The second-order valence-corrected chi connectivity index (χ2v) is 9.16. The van der Waals surface area contributed by atoms with E-state index in [9.17, 15) is 28.3 Å². The number of hydrogen-bond donors (Lipinski definition) is 2. The molecule has 2 aliphatic rings. The maximum Gasteiger partial charge on any atom is 0.274 e. The number of amides is 2. The molecule has 2 bridgehead atoms. The van der Waals surface area contributed by atoms with Crippen LogP contribution in [0.25, 0.3) is 0 Å². The third kappa shape index (κ3) is 3.85. The summed E-state index contributed by atoms with van der Waals surface area (Å²) in [6.45, 7) is 1.69. The molecule has 0 radical (unpaired) electrons. The first kappa shape index (κ1) is 23.0. The van der Waals surface area contributed by atoms with Gasteiger partial charge >= 0.3 is 0 Å². The summed E-state index contributed by atoms with van der Waals surface area (Å²) in [5.41, 5.74) is 0.108. The van der Waals surface area contributed by atoms with Crippen LogP contribution in [-0.2, 0) is 13.0 Å². The number of halogens is 3. The molecular formula is C25H20ClF2N3O4. The molecule has 2 amide bonds. The molecule has 0 saturated carbocycles. The van der Waals surface area contributed by atoms with Crippen LogP contribution in [0.5, 0.6) is 5.75 Å². The molecule has 35 heavy (non-hydrogen) atoms. The van der Waals surface area contributed by atoms with Crippen molar-refractivity contribution in [2.45, 2.75) is 25.9 Å². The van der Waals surface area contributed by atoms with Crippen molar-refractivity contribution in [3.63, 3.8) is 0 Å². The number of fused-ring (bicyclic) bond motifs is 6. The third-order valence-corrected chi connectivity index (χ3v) is 6.74. The Hall–Kier alpha value is -3.72. The van der Waals surface area contributed by atoms with Crippen molar-refractivity contribution in [3.8, 4) is 5.75 Å². The minimum Gasteiger partial charge on any atom is -0.503 e. The van der Waals surface area contributed by atoms with E-state index in [2.05, 4.69) is 5.32 Å². The fraction of sp³-hybridized carbons (Fsp3) is 0.240. The minimum atomic E-state index is -1.04. The maximum absolute atomic E-state index is 14.2. The smallest absolute Gasteiger partial charge is 0.274 e. The van der Waals surface area contributed by atoms with Crippen molar-refractivity contribution in [1.82, 2.24) is 14.8 Å². The van der Waals surface area contributed by atoms with E-state index in [1.807, 2.05) is 12.1 Å². The summed E-state index contributed by atoms with van der Waals surface area (Å²) in [6, 6.07) is 7.15. The first-order valence-corrected chi connectivity index (χ1v) is 11.3. The summed E-state index contributed by atoms with van der Waals surface area (Å²) in [6.07, 6.45) is 1.76. The van der Waals surface area contributed by atoms with Gasteiger partial charge in [0.15, 0.2) is 11.4 Å². The molecule has 0 spiro atoms. The minimum absolute atomic E-state index is 0.207. The topological polar surface area (TPSA) is 91.6 Å². The van der Waals surface area contributed by atoms with Crippen LogP contribution in [0.2, 0.25) is 5.02 Å². The highest BCUT2D eigenvalue weighted by Gasteiger charge is 2.38. The first-order chi connectivity index (χ1) is 16.7. The number of nitrogens with zero attached hydrogens (tertiary/aromatic N) is 2. The van der Waals surface area contributed by atoms with E-state index < -0.39 is 52.8 Å². The van der Waals surface area contributed by atoms with Crippen LogP contribution in [0.3, 0.4) is 0 Å². The number of rotatable bonds is 3. The van der Waals surface area contributed by atoms with Gasteiger partial charge in [-0.15, -0.1) is 0 Å². The summed E-state index contributed by atoms with van der Waals surface area (Å²) in [5.74, 6) is -3.95. The van der Waals surface area contributed by atoms with Crippen molar-refractivity contribution in [1.29, 1.82) is 0 Å². The standard InChI is InChI=1S/C25H20ClF2N3O4/c1-12-6-18(27)16(19(28)7-12)9-29-24(34)17-10-31-20-11-30(25(35)21(31)23(33)22(17)32)5-4-13-8-14(26)2-3-15(13)20/h2-3,6-8,10,20,33H,4-5,9,11H2,1H3,(H,29,34)/t20-/m0/s1. The van der Waals surface area contributed by atoms with E-state index in [0.717, 1.165) is 23.3 Å². The Balaban J connectivity index is 1.56. The number of nitrogens with one attached hydrogen (secondary N) is 1. The van der Waals surface area contributed by atoms with E-state index in [-0.39, 0.29) is 17.8 Å². The molecule has 10 heteroatoms. The van der Waals surface area contributed by atoms with Gasteiger partial charge in [-0.1, -0.05) is 17.7 Å². The molecule has 3 aromatic rings. The lowest BCUT2D eigenvalue weighted by atomic mass is 9.97. The summed E-state index contributed by atoms with van der Waals surface area (Å²) >= 11 is 6.16. The molecule has 1 aromatic heterocycles. The monoisotopic (exact) mass is 499 g/mol. The molecule has 0 unspecified atom stereocenters. The highest BCUT2D eigenvalue weighted by Crippen LogP contribution is 2.35. The zero-order valence-electron chi connectivity index (χ0n) is 18.6. The normalized spacial score (nSPS) is 16.4. The highest BCUT2D eigenvalue weighted by molar-refractivity contribution is 6.30. The number of carbonyl (C=O) groups excluding carboxylic acids is 2. The lowest BCUT2D eigenvalue weighted by Gasteiger charge is -2.35. The van der Waals surface area contributed by atoms with E-state index >= 15 is 0 Å². The van der Waals surface area contributed by atoms with Crippen molar-refractivity contribution in [2.75, 3.05) is 13.1 Å². The number of hydrogen-bond acceptors (Lipinski definition) is 4. The van der Waals surface area contributed by atoms with Gasteiger partial charge in [-0.2, -0.15) is 0 Å². The second-order valence-electron chi connectivity index (χ2n) is 8.73. The molecule has 3 heterocycles. The number of aromatic nitrogens is 1. The Morgan fingerprint density at radius 3 is 2.63 bits per heavy atom. The summed E-state index contributed by atoms with van der Waals surface area (Å²) < 4.78 is 29.8. The summed E-state index contributed by atoms with van der Waals surface area (Å²) in [7, 11) is 0. The number of aromatic hydroxyl groups is 1. The van der Waals surface area contributed by atoms with Gasteiger partial charge in [0.1, 0.15) is 17.2 Å². The van der Waals surface area contributed by atoms with Gasteiger partial charge in [0.05, 0.1) is 6.04 Å². The molecule has 2 aliphatic heterocycles. The second kappa shape index (κ2) is 8.49. The molecule has 0 aliphatic carbocycles. The van der Waals surface area contributed by atoms with Crippen LogP contribution in [0.15, 0.2) is 41.3 Å². The van der Waals surface area contributed by atoms with Gasteiger partial charge in [-0.3, -0.25) is 14.4 Å². The Labute approximate surface area is 203 Å². The summed E-state index contributed by atoms with van der Waals surface area (Å²) in [4.78, 5) is 40.4. The molecule has 1 atom stereocenters. The number of aryl methyl sites for hydroxylation is 1. The SMILES string of the molecule is Cc1cc(F)c(CNC(=O)c2cn3c(c(O)c2=O)C(=O)N2CCc4cc(Cl)ccc4[C@@H]3C2)c(F)c1. The van der Waals surface area contributed by atoms with Crippen molar-refractivity contribution >= 4 is 23.4 Å². The van der Waals surface area contributed by atoms with Crippen molar-refractivity contribution < 1.29 is 23.5 Å². The molecule has 2 N–H and O–H groups in total. The quantitative estimate of drug-likeness (QED) is 0.578. The van der Waals surface area contributed by atoms with E-state index in [4.69, 9.17) is 11.6 Å². The van der Waals surface area contributed by atoms with Gasteiger partial charge in [-0.25, -0.2) is 8.78 Å². The zero-order valence-corrected chi connectivity index (χ0v) is 19.3. The molecular weight excluding hydrogens is 480 g/mol. The van der Waals surface area contributed by atoms with E-state index in [1.165, 1.54) is 17.7 Å². The summed E-state index contributed by atoms with van der Waals surface area (Å²) in [5, 5.41) is 13.6. The van der Waals surface area contributed by atoms with Crippen LogP contribution in [0.4, 0.5) is 8.78 Å². The average molecular weight is 500 g/mol. The third-order valence-electron chi connectivity index (χ3n) is 6.50. The molecule has 5 rings (SSSR count). The predicted molar refractivity (Wildman–Crippen MR) is 124 cm³/mol. The number of carbonyl (C=O) groups is 2.